The summed E-state index contributed by atoms with van der Waals surface area (Å²) in [5, 5.41) is 0. The molecule has 0 radical (unpaired) electrons. The van der Waals surface area contributed by atoms with Gasteiger partial charge < -0.3 is 5.73 Å². The summed E-state index contributed by atoms with van der Waals surface area (Å²) in [7, 11) is 0. The first-order chi connectivity index (χ1) is 10.0. The van der Waals surface area contributed by atoms with Crippen molar-refractivity contribution in [2.75, 3.05) is 32.7 Å². The Hall–Kier alpha value is -0.900. The lowest BCUT2D eigenvalue weighted by Gasteiger charge is -2.46. The van der Waals surface area contributed by atoms with Gasteiger partial charge in [0.1, 0.15) is 0 Å². The molecule has 2 N–H and O–H groups in total. The summed E-state index contributed by atoms with van der Waals surface area (Å²) in [5.74, 6) is 0.695. The van der Waals surface area contributed by atoms with Gasteiger partial charge in [0.15, 0.2) is 0 Å². The fourth-order valence-electron chi connectivity index (χ4n) is 3.51. The van der Waals surface area contributed by atoms with Crippen molar-refractivity contribution in [1.29, 1.82) is 0 Å². The van der Waals surface area contributed by atoms with Crippen LogP contribution in [0.5, 0.6) is 0 Å². The van der Waals surface area contributed by atoms with E-state index in [1.165, 1.54) is 12.0 Å². The van der Waals surface area contributed by atoms with Crippen LogP contribution in [0.15, 0.2) is 30.3 Å². The van der Waals surface area contributed by atoms with Gasteiger partial charge in [-0.2, -0.15) is 0 Å². The van der Waals surface area contributed by atoms with E-state index in [2.05, 4.69) is 60.9 Å². The van der Waals surface area contributed by atoms with Crippen LogP contribution in [0, 0.1) is 5.92 Å². The number of benzene rings is 1. The fraction of sp³-hybridized carbons (Fsp3) is 0.667. The molecule has 1 saturated heterocycles. The third-order valence-corrected chi connectivity index (χ3v) is 4.67. The highest BCUT2D eigenvalue weighted by Gasteiger charge is 2.33. The summed E-state index contributed by atoms with van der Waals surface area (Å²) in [6.07, 6.45) is 1.18. The van der Waals surface area contributed by atoms with Crippen LogP contribution in [0.1, 0.15) is 32.8 Å². The molecule has 1 heterocycles. The van der Waals surface area contributed by atoms with Crippen molar-refractivity contribution in [3.05, 3.63) is 35.9 Å². The van der Waals surface area contributed by atoms with E-state index in [0.717, 1.165) is 39.3 Å². The molecule has 1 aromatic rings. The van der Waals surface area contributed by atoms with Gasteiger partial charge in [0, 0.05) is 44.8 Å². The molecule has 0 spiro atoms. The average molecular weight is 289 g/mol. The van der Waals surface area contributed by atoms with Crippen molar-refractivity contribution < 1.29 is 0 Å². The summed E-state index contributed by atoms with van der Waals surface area (Å²) in [6.45, 7) is 13.3. The van der Waals surface area contributed by atoms with E-state index in [0.29, 0.717) is 5.92 Å². The monoisotopic (exact) mass is 289 g/mol. The van der Waals surface area contributed by atoms with E-state index in [9.17, 15) is 0 Å². The first-order valence-corrected chi connectivity index (χ1v) is 8.25. The van der Waals surface area contributed by atoms with Crippen LogP contribution in [0.25, 0.3) is 0 Å². The van der Waals surface area contributed by atoms with E-state index in [4.69, 9.17) is 5.73 Å². The minimum atomic E-state index is 0.160. The SMILES string of the molecule is CC(C)CC(C)(CN)N1CCN(Cc2ccccc2)CC1. The molecule has 1 atom stereocenters. The van der Waals surface area contributed by atoms with Crippen LogP contribution < -0.4 is 5.73 Å². The molecule has 1 aromatic carbocycles. The minimum absolute atomic E-state index is 0.160. The molecule has 1 fully saturated rings. The third kappa shape index (κ3) is 4.53. The smallest absolute Gasteiger partial charge is 0.0307 e. The molecule has 0 aliphatic carbocycles. The van der Waals surface area contributed by atoms with Gasteiger partial charge >= 0.3 is 0 Å². The Morgan fingerprint density at radius 3 is 2.24 bits per heavy atom. The summed E-state index contributed by atoms with van der Waals surface area (Å²) < 4.78 is 0. The molecule has 3 nitrogen and oxygen atoms in total. The Kier molecular flexibility index (Phi) is 5.80. The van der Waals surface area contributed by atoms with Crippen LogP contribution in [0.2, 0.25) is 0 Å². The Labute approximate surface area is 130 Å². The predicted octanol–water partition coefficient (Wildman–Crippen LogP) is 2.57. The lowest BCUT2D eigenvalue weighted by Crippen LogP contribution is -2.59. The second-order valence-electron chi connectivity index (χ2n) is 7.05. The quantitative estimate of drug-likeness (QED) is 0.873. The van der Waals surface area contributed by atoms with Gasteiger partial charge in [-0.05, 0) is 24.8 Å². The normalized spacial score (nSPS) is 20.6. The molecule has 118 valence electrons. The lowest BCUT2D eigenvalue weighted by atomic mass is 9.88. The largest absolute Gasteiger partial charge is 0.329 e. The molecule has 2 rings (SSSR count). The highest BCUT2D eigenvalue weighted by molar-refractivity contribution is 5.14. The van der Waals surface area contributed by atoms with Gasteiger partial charge in [0.05, 0.1) is 0 Å². The maximum atomic E-state index is 6.09. The Morgan fingerprint density at radius 1 is 1.10 bits per heavy atom. The molecular formula is C18H31N3. The van der Waals surface area contributed by atoms with Crippen molar-refractivity contribution in [2.24, 2.45) is 11.7 Å². The number of piperazine rings is 1. The average Bonchev–Trinajstić information content (AvgIpc) is 2.48. The second-order valence-corrected chi connectivity index (χ2v) is 7.05. The third-order valence-electron chi connectivity index (χ3n) is 4.67. The molecular weight excluding hydrogens is 258 g/mol. The first kappa shape index (κ1) is 16.5. The zero-order valence-corrected chi connectivity index (χ0v) is 13.9. The Morgan fingerprint density at radius 2 is 1.71 bits per heavy atom. The van der Waals surface area contributed by atoms with Gasteiger partial charge in [-0.25, -0.2) is 0 Å². The van der Waals surface area contributed by atoms with Crippen LogP contribution in [-0.2, 0) is 6.54 Å². The molecule has 1 aliphatic heterocycles. The highest BCUT2D eigenvalue weighted by Crippen LogP contribution is 2.24. The predicted molar refractivity (Wildman–Crippen MR) is 90.2 cm³/mol. The number of hydrogen-bond acceptors (Lipinski definition) is 3. The van der Waals surface area contributed by atoms with Crippen molar-refractivity contribution in [3.63, 3.8) is 0 Å². The number of rotatable bonds is 6. The number of hydrogen-bond donors (Lipinski definition) is 1. The van der Waals surface area contributed by atoms with Gasteiger partial charge in [0.2, 0.25) is 0 Å². The van der Waals surface area contributed by atoms with Crippen molar-refractivity contribution in [2.45, 2.75) is 39.3 Å². The lowest BCUT2D eigenvalue weighted by molar-refractivity contribution is 0.0318. The van der Waals surface area contributed by atoms with E-state index < -0.39 is 0 Å². The number of nitrogens with zero attached hydrogens (tertiary/aromatic N) is 2. The molecule has 1 unspecified atom stereocenters. The summed E-state index contributed by atoms with van der Waals surface area (Å²) in [6, 6.07) is 10.8. The molecule has 0 bridgehead atoms. The van der Waals surface area contributed by atoms with Gasteiger partial charge in [-0.15, -0.1) is 0 Å². The maximum absolute atomic E-state index is 6.09. The Balaban J connectivity index is 1.87. The van der Waals surface area contributed by atoms with Crippen LogP contribution in [-0.4, -0.2) is 48.1 Å². The number of nitrogens with two attached hydrogens (primary N) is 1. The maximum Gasteiger partial charge on any atom is 0.0307 e. The zero-order chi connectivity index (χ0) is 15.3. The first-order valence-electron chi connectivity index (χ1n) is 8.25. The fourth-order valence-corrected chi connectivity index (χ4v) is 3.51. The molecule has 21 heavy (non-hydrogen) atoms. The Bertz CT molecular complexity index is 410. The summed E-state index contributed by atoms with van der Waals surface area (Å²) >= 11 is 0. The van der Waals surface area contributed by atoms with E-state index >= 15 is 0 Å². The van der Waals surface area contributed by atoms with Crippen LogP contribution in [0.3, 0.4) is 0 Å². The molecule has 0 aromatic heterocycles. The van der Waals surface area contributed by atoms with Crippen molar-refractivity contribution in [1.82, 2.24) is 9.80 Å². The minimum Gasteiger partial charge on any atom is -0.329 e. The molecule has 3 heteroatoms. The molecule has 1 aliphatic rings. The van der Waals surface area contributed by atoms with Gasteiger partial charge in [-0.1, -0.05) is 44.2 Å². The molecule has 0 saturated carbocycles. The summed E-state index contributed by atoms with van der Waals surface area (Å²) in [5.41, 5.74) is 7.66. The van der Waals surface area contributed by atoms with Crippen LogP contribution >= 0.6 is 0 Å². The topological polar surface area (TPSA) is 32.5 Å². The van der Waals surface area contributed by atoms with Gasteiger partial charge in [0.25, 0.3) is 0 Å². The highest BCUT2D eigenvalue weighted by atomic mass is 15.3. The van der Waals surface area contributed by atoms with E-state index in [-0.39, 0.29) is 5.54 Å². The second kappa shape index (κ2) is 7.39. The van der Waals surface area contributed by atoms with E-state index in [1.54, 1.807) is 0 Å². The standard InChI is InChI=1S/C18H31N3/c1-16(2)13-18(3,15-19)21-11-9-20(10-12-21)14-17-7-5-4-6-8-17/h4-8,16H,9-15,19H2,1-3H3. The van der Waals surface area contributed by atoms with Crippen molar-refractivity contribution >= 4 is 0 Å². The van der Waals surface area contributed by atoms with Gasteiger partial charge in [-0.3, -0.25) is 9.80 Å². The van der Waals surface area contributed by atoms with Crippen molar-refractivity contribution in [3.8, 4) is 0 Å². The van der Waals surface area contributed by atoms with E-state index in [1.807, 2.05) is 0 Å². The zero-order valence-electron chi connectivity index (χ0n) is 13.9. The molecule has 0 amide bonds. The van der Waals surface area contributed by atoms with Crippen LogP contribution in [0.4, 0.5) is 0 Å². The summed E-state index contributed by atoms with van der Waals surface area (Å²) in [4.78, 5) is 5.16.